The van der Waals surface area contributed by atoms with Crippen molar-refractivity contribution in [3.05, 3.63) is 99.8 Å². The molecule has 3 aromatic carbocycles. The molecule has 1 N–H and O–H groups in total. The van der Waals surface area contributed by atoms with Gasteiger partial charge >= 0.3 is 0 Å². The molecule has 4 aromatic rings. The average molecular weight is 470 g/mol. The fraction of sp³-hybridized carbons (Fsp3) is 0.148. The second-order valence-corrected chi connectivity index (χ2v) is 8.05. The number of amides is 1. The van der Waals surface area contributed by atoms with Gasteiger partial charge in [-0.2, -0.15) is 0 Å². The number of fused-ring (bicyclic) bond motifs is 2. The molecule has 1 aromatic heterocycles. The minimum atomic E-state index is -0.430. The predicted octanol–water partition coefficient (Wildman–Crippen LogP) is 3.29. The third-order valence-electron chi connectivity index (χ3n) is 5.79. The molecule has 8 nitrogen and oxygen atoms in total. The van der Waals surface area contributed by atoms with E-state index in [-0.39, 0.29) is 30.2 Å². The van der Waals surface area contributed by atoms with Gasteiger partial charge in [-0.15, -0.1) is 0 Å². The lowest BCUT2D eigenvalue weighted by Crippen LogP contribution is -2.29. The van der Waals surface area contributed by atoms with E-state index >= 15 is 0 Å². The first-order chi connectivity index (χ1) is 17.0. The highest BCUT2D eigenvalue weighted by atomic mass is 16.7. The van der Waals surface area contributed by atoms with Gasteiger partial charge in [0, 0.05) is 24.4 Å². The SMILES string of the molecule is COc1cccc(CNC(=O)Cn2cc(C(=O)c3ccccc3)c(=O)c3cc4c(cc32)OCO4)c1. The number of methoxy groups -OCH3 is 1. The van der Waals surface area contributed by atoms with Crippen molar-refractivity contribution < 1.29 is 23.8 Å². The van der Waals surface area contributed by atoms with Crippen LogP contribution in [0, 0.1) is 0 Å². The maximum atomic E-state index is 13.3. The zero-order valence-corrected chi connectivity index (χ0v) is 18.9. The molecule has 0 bridgehead atoms. The minimum absolute atomic E-state index is 0.0249. The van der Waals surface area contributed by atoms with Crippen molar-refractivity contribution in [2.24, 2.45) is 0 Å². The Hall–Kier alpha value is -4.59. The Bertz CT molecular complexity index is 1490. The van der Waals surface area contributed by atoms with Gasteiger partial charge in [0.25, 0.3) is 0 Å². The van der Waals surface area contributed by atoms with Crippen LogP contribution in [0.2, 0.25) is 0 Å². The molecule has 35 heavy (non-hydrogen) atoms. The van der Waals surface area contributed by atoms with Crippen molar-refractivity contribution in [1.29, 1.82) is 0 Å². The quantitative estimate of drug-likeness (QED) is 0.417. The van der Waals surface area contributed by atoms with Gasteiger partial charge in [0.2, 0.25) is 18.1 Å². The molecule has 0 saturated heterocycles. The number of benzene rings is 3. The Balaban J connectivity index is 1.50. The van der Waals surface area contributed by atoms with Gasteiger partial charge in [0.05, 0.1) is 23.6 Å². The molecule has 0 unspecified atom stereocenters. The monoisotopic (exact) mass is 470 g/mol. The molecular weight excluding hydrogens is 448 g/mol. The van der Waals surface area contributed by atoms with Crippen molar-refractivity contribution in [3.8, 4) is 17.2 Å². The van der Waals surface area contributed by atoms with E-state index in [1.165, 1.54) is 6.20 Å². The number of hydrogen-bond donors (Lipinski definition) is 1. The van der Waals surface area contributed by atoms with E-state index in [1.807, 2.05) is 24.3 Å². The van der Waals surface area contributed by atoms with Crippen LogP contribution in [0.25, 0.3) is 10.9 Å². The van der Waals surface area contributed by atoms with Gasteiger partial charge in [-0.05, 0) is 23.8 Å². The van der Waals surface area contributed by atoms with E-state index in [1.54, 1.807) is 54.1 Å². The third kappa shape index (κ3) is 4.46. The van der Waals surface area contributed by atoms with E-state index in [9.17, 15) is 14.4 Å². The second-order valence-electron chi connectivity index (χ2n) is 8.05. The summed E-state index contributed by atoms with van der Waals surface area (Å²) in [6, 6.07) is 19.2. The first kappa shape index (κ1) is 22.2. The van der Waals surface area contributed by atoms with Crippen molar-refractivity contribution >= 4 is 22.6 Å². The largest absolute Gasteiger partial charge is 0.497 e. The molecule has 176 valence electrons. The Labute approximate surface area is 200 Å². The van der Waals surface area contributed by atoms with Crippen LogP contribution in [0.5, 0.6) is 17.2 Å². The number of pyridine rings is 1. The summed E-state index contributed by atoms with van der Waals surface area (Å²) in [6.45, 7) is 0.239. The molecule has 2 heterocycles. The number of ketones is 1. The van der Waals surface area contributed by atoms with E-state index in [2.05, 4.69) is 5.32 Å². The summed E-state index contributed by atoms with van der Waals surface area (Å²) in [4.78, 5) is 39.4. The fourth-order valence-corrected chi connectivity index (χ4v) is 4.01. The summed E-state index contributed by atoms with van der Waals surface area (Å²) in [7, 11) is 1.58. The number of aromatic nitrogens is 1. The zero-order chi connectivity index (χ0) is 24.4. The molecule has 1 amide bonds. The molecule has 0 spiro atoms. The van der Waals surface area contributed by atoms with Crippen molar-refractivity contribution in [2.75, 3.05) is 13.9 Å². The number of carbonyl (C=O) groups is 2. The Morgan fingerprint density at radius 3 is 2.54 bits per heavy atom. The second kappa shape index (κ2) is 9.34. The van der Waals surface area contributed by atoms with Crippen LogP contribution >= 0.6 is 0 Å². The van der Waals surface area contributed by atoms with Crippen LogP contribution in [0.1, 0.15) is 21.5 Å². The van der Waals surface area contributed by atoms with Gasteiger partial charge in [0.1, 0.15) is 12.3 Å². The lowest BCUT2D eigenvalue weighted by atomic mass is 10.0. The molecule has 5 rings (SSSR count). The molecule has 0 atom stereocenters. The molecule has 0 aliphatic carbocycles. The van der Waals surface area contributed by atoms with Gasteiger partial charge in [0.15, 0.2) is 17.3 Å². The highest BCUT2D eigenvalue weighted by molar-refractivity contribution is 6.10. The lowest BCUT2D eigenvalue weighted by molar-refractivity contribution is -0.121. The Kier molecular flexibility index (Phi) is 5.93. The maximum absolute atomic E-state index is 13.3. The molecular formula is C27H22N2O6. The van der Waals surface area contributed by atoms with Crippen LogP contribution < -0.4 is 25.0 Å². The summed E-state index contributed by atoms with van der Waals surface area (Å²) < 4.78 is 17.7. The highest BCUT2D eigenvalue weighted by Gasteiger charge is 2.22. The van der Waals surface area contributed by atoms with Gasteiger partial charge < -0.3 is 24.1 Å². The van der Waals surface area contributed by atoms with Crippen LogP contribution in [0.3, 0.4) is 0 Å². The summed E-state index contributed by atoms with van der Waals surface area (Å²) >= 11 is 0. The molecule has 0 radical (unpaired) electrons. The normalized spacial score (nSPS) is 11.9. The number of ether oxygens (including phenoxy) is 3. The average Bonchev–Trinajstić information content (AvgIpc) is 3.36. The van der Waals surface area contributed by atoms with Crippen LogP contribution in [-0.2, 0) is 17.9 Å². The number of nitrogens with one attached hydrogen (secondary N) is 1. The topological polar surface area (TPSA) is 95.9 Å². The van der Waals surface area contributed by atoms with E-state index in [4.69, 9.17) is 14.2 Å². The van der Waals surface area contributed by atoms with Crippen LogP contribution in [-0.4, -0.2) is 30.2 Å². The molecule has 0 fully saturated rings. The number of nitrogens with zero attached hydrogens (tertiary/aromatic N) is 1. The molecule has 1 aliphatic rings. The number of hydrogen-bond acceptors (Lipinski definition) is 6. The van der Waals surface area contributed by atoms with E-state index in [0.717, 1.165) is 5.56 Å². The number of rotatable bonds is 7. The highest BCUT2D eigenvalue weighted by Crippen LogP contribution is 2.35. The van der Waals surface area contributed by atoms with Gasteiger partial charge in [-0.3, -0.25) is 14.4 Å². The smallest absolute Gasteiger partial charge is 0.240 e. The number of carbonyl (C=O) groups excluding carboxylic acids is 2. The van der Waals surface area contributed by atoms with Crippen molar-refractivity contribution in [1.82, 2.24) is 9.88 Å². The summed E-state index contributed by atoms with van der Waals surface area (Å²) in [5.41, 5.74) is 1.29. The Morgan fingerprint density at radius 1 is 1.00 bits per heavy atom. The lowest BCUT2D eigenvalue weighted by Gasteiger charge is -2.14. The zero-order valence-electron chi connectivity index (χ0n) is 18.9. The predicted molar refractivity (Wildman–Crippen MR) is 129 cm³/mol. The fourth-order valence-electron chi connectivity index (χ4n) is 4.01. The van der Waals surface area contributed by atoms with Crippen LogP contribution in [0.15, 0.2) is 77.7 Å². The summed E-state index contributed by atoms with van der Waals surface area (Å²) in [6.07, 6.45) is 1.44. The molecule has 8 heteroatoms. The minimum Gasteiger partial charge on any atom is -0.497 e. The van der Waals surface area contributed by atoms with Crippen molar-refractivity contribution in [2.45, 2.75) is 13.1 Å². The summed E-state index contributed by atoms with van der Waals surface area (Å²) in [5.74, 6) is 0.898. The Morgan fingerprint density at radius 2 is 1.77 bits per heavy atom. The van der Waals surface area contributed by atoms with Gasteiger partial charge in [-0.1, -0.05) is 42.5 Å². The van der Waals surface area contributed by atoms with E-state index in [0.29, 0.717) is 34.9 Å². The molecule has 0 saturated carbocycles. The first-order valence-corrected chi connectivity index (χ1v) is 11.0. The first-order valence-electron chi connectivity index (χ1n) is 11.0. The van der Waals surface area contributed by atoms with Gasteiger partial charge in [-0.25, -0.2) is 0 Å². The van der Waals surface area contributed by atoms with Crippen LogP contribution in [0.4, 0.5) is 0 Å². The van der Waals surface area contributed by atoms with E-state index < -0.39 is 11.2 Å². The molecule has 1 aliphatic heterocycles. The summed E-state index contributed by atoms with van der Waals surface area (Å²) in [5, 5.41) is 3.15. The maximum Gasteiger partial charge on any atom is 0.240 e. The van der Waals surface area contributed by atoms with Crippen molar-refractivity contribution in [3.63, 3.8) is 0 Å². The standard InChI is InChI=1S/C27H22N2O6/c1-33-19-9-5-6-17(10-19)13-28-25(30)15-29-14-21(26(31)18-7-3-2-4-8-18)27(32)20-11-23-24(12-22(20)29)35-16-34-23/h2-12,14H,13,15-16H2,1H3,(H,28,30). The third-order valence-corrected chi connectivity index (χ3v) is 5.79.